The minimum absolute atomic E-state index is 0.0148. The largest absolute Gasteiger partial charge is 0.370 e. The second kappa shape index (κ2) is 8.77. The Kier molecular flexibility index (Phi) is 6.91. The molecule has 0 aliphatic carbocycles. The first-order valence-electron chi connectivity index (χ1n) is 9.01. The third-order valence-electron chi connectivity index (χ3n) is 4.27. The summed E-state index contributed by atoms with van der Waals surface area (Å²) in [6, 6.07) is 3.77. The van der Waals surface area contributed by atoms with Crippen LogP contribution in [0.4, 0.5) is 15.8 Å². The Balaban J connectivity index is 2.09. The van der Waals surface area contributed by atoms with Gasteiger partial charge in [0.1, 0.15) is 18.5 Å². The number of nitrogens with two attached hydrogens (primary N) is 1. The molecule has 27 heavy (non-hydrogen) atoms. The number of benzene rings is 1. The van der Waals surface area contributed by atoms with Crippen LogP contribution in [0.15, 0.2) is 18.2 Å². The van der Waals surface area contributed by atoms with E-state index < -0.39 is 11.9 Å². The highest BCUT2D eigenvalue weighted by molar-refractivity contribution is 5.97. The molecular formula is C19H29FN4O3. The maximum Gasteiger partial charge on any atom is 0.253 e. The first-order valence-corrected chi connectivity index (χ1v) is 9.01. The second-order valence-corrected chi connectivity index (χ2v) is 7.98. The van der Waals surface area contributed by atoms with Gasteiger partial charge in [-0.05, 0) is 30.7 Å². The third-order valence-corrected chi connectivity index (χ3v) is 4.27. The van der Waals surface area contributed by atoms with Gasteiger partial charge < -0.3 is 20.7 Å². The molecule has 0 spiro atoms. The lowest BCUT2D eigenvalue weighted by molar-refractivity contribution is -0.125. The quantitative estimate of drug-likeness (QED) is 0.780. The lowest BCUT2D eigenvalue weighted by Crippen LogP contribution is -2.49. The number of halogens is 1. The number of morpholine rings is 1. The van der Waals surface area contributed by atoms with Crippen LogP contribution in [0.25, 0.3) is 0 Å². The van der Waals surface area contributed by atoms with Gasteiger partial charge in [-0.25, -0.2) is 4.39 Å². The molecule has 7 nitrogen and oxygen atoms in total. The lowest BCUT2D eigenvalue weighted by atomic mass is 9.95. The number of rotatable bonds is 6. The Bertz CT molecular complexity index is 690. The molecule has 3 N–H and O–H groups in total. The summed E-state index contributed by atoms with van der Waals surface area (Å²) in [6.45, 7) is 7.69. The lowest BCUT2D eigenvalue weighted by Gasteiger charge is -2.32. The van der Waals surface area contributed by atoms with Crippen molar-refractivity contribution >= 4 is 23.2 Å². The van der Waals surface area contributed by atoms with Crippen molar-refractivity contribution < 1.29 is 18.7 Å². The van der Waals surface area contributed by atoms with Crippen molar-refractivity contribution in [2.75, 3.05) is 50.1 Å². The minimum atomic E-state index is -0.574. The van der Waals surface area contributed by atoms with Crippen molar-refractivity contribution in [3.8, 4) is 0 Å². The van der Waals surface area contributed by atoms with Crippen molar-refractivity contribution in [2.45, 2.75) is 26.8 Å². The maximum absolute atomic E-state index is 14.5. The average Bonchev–Trinajstić information content (AvgIpc) is 2.55. The Labute approximate surface area is 159 Å². The number of amides is 2. The number of ether oxygens (including phenoxy) is 1. The van der Waals surface area contributed by atoms with Gasteiger partial charge in [0.25, 0.3) is 5.91 Å². The van der Waals surface area contributed by atoms with E-state index in [2.05, 4.69) is 26.1 Å². The summed E-state index contributed by atoms with van der Waals surface area (Å²) in [5, 5.41) is 2.71. The van der Waals surface area contributed by atoms with Crippen molar-refractivity contribution in [1.29, 1.82) is 0 Å². The normalized spacial score (nSPS) is 16.6. The van der Waals surface area contributed by atoms with Crippen LogP contribution in [-0.2, 0) is 14.3 Å². The molecule has 2 rings (SSSR count). The van der Waals surface area contributed by atoms with Crippen LogP contribution in [0, 0.1) is 11.2 Å². The topological polar surface area (TPSA) is 87.9 Å². The monoisotopic (exact) mass is 380 g/mol. The van der Waals surface area contributed by atoms with Gasteiger partial charge in [-0.1, -0.05) is 20.8 Å². The molecule has 0 unspecified atom stereocenters. The van der Waals surface area contributed by atoms with Crippen molar-refractivity contribution in [3.05, 3.63) is 24.0 Å². The molecule has 1 aromatic rings. The van der Waals surface area contributed by atoms with Crippen LogP contribution < -0.4 is 16.0 Å². The molecule has 0 aromatic heterocycles. The molecular weight excluding hydrogens is 351 g/mol. The highest BCUT2D eigenvalue weighted by Crippen LogP contribution is 2.24. The number of carbonyl (C=O) groups excluding carboxylic acids is 2. The molecule has 150 valence electrons. The van der Waals surface area contributed by atoms with Crippen LogP contribution in [0.1, 0.15) is 20.8 Å². The number of likely N-dealkylation sites (N-methyl/N-ethyl adjacent to an activating group) is 1. The van der Waals surface area contributed by atoms with Crippen LogP contribution >= 0.6 is 0 Å². The van der Waals surface area contributed by atoms with E-state index in [1.165, 1.54) is 17.0 Å². The van der Waals surface area contributed by atoms with Gasteiger partial charge in [-0.15, -0.1) is 0 Å². The molecule has 1 saturated heterocycles. The van der Waals surface area contributed by atoms with Gasteiger partial charge in [0.05, 0.1) is 12.3 Å². The summed E-state index contributed by atoms with van der Waals surface area (Å²) in [5.74, 6) is -1.15. The summed E-state index contributed by atoms with van der Waals surface area (Å²) in [6.07, 6.45) is 0. The number of nitrogens with zero attached hydrogens (tertiary/aromatic N) is 2. The number of hydrogen-bond acceptors (Lipinski definition) is 5. The summed E-state index contributed by atoms with van der Waals surface area (Å²) in [4.78, 5) is 27.7. The van der Waals surface area contributed by atoms with E-state index in [1.54, 1.807) is 6.07 Å². The zero-order valence-electron chi connectivity index (χ0n) is 16.4. The first kappa shape index (κ1) is 21.3. The van der Waals surface area contributed by atoms with E-state index in [9.17, 15) is 14.0 Å². The van der Waals surface area contributed by atoms with Crippen LogP contribution in [-0.4, -0.2) is 62.7 Å². The van der Waals surface area contributed by atoms with Gasteiger partial charge in [0.15, 0.2) is 0 Å². The fourth-order valence-corrected chi connectivity index (χ4v) is 3.15. The molecule has 1 fully saturated rings. The van der Waals surface area contributed by atoms with Crippen LogP contribution in [0.3, 0.4) is 0 Å². The third kappa shape index (κ3) is 5.72. The van der Waals surface area contributed by atoms with Crippen LogP contribution in [0.2, 0.25) is 0 Å². The fraction of sp³-hybridized carbons (Fsp3) is 0.579. The van der Waals surface area contributed by atoms with Crippen LogP contribution in [0.5, 0.6) is 0 Å². The first-order chi connectivity index (χ1) is 12.6. The zero-order valence-corrected chi connectivity index (χ0v) is 16.4. The van der Waals surface area contributed by atoms with E-state index >= 15 is 0 Å². The van der Waals surface area contributed by atoms with Crippen molar-refractivity contribution in [3.63, 3.8) is 0 Å². The van der Waals surface area contributed by atoms with E-state index in [1.807, 2.05) is 11.9 Å². The molecule has 0 saturated carbocycles. The number of hydrogen-bond donors (Lipinski definition) is 2. The van der Waals surface area contributed by atoms with Gasteiger partial charge in [0, 0.05) is 25.3 Å². The predicted molar refractivity (Wildman–Crippen MR) is 103 cm³/mol. The molecule has 1 atom stereocenters. The standard InChI is InChI=1S/C19H29FN4O3/c1-19(2,3)12-23(4)16(10-21)18(26)22-13-5-6-15(14(20)9-13)24-7-8-27-11-17(24)25/h5-6,9,16H,7-8,10-12,21H2,1-4H3,(H,22,26)/t16-/m1/s1. The van der Waals surface area contributed by atoms with Crippen molar-refractivity contribution in [2.24, 2.45) is 11.1 Å². The summed E-state index contributed by atoms with van der Waals surface area (Å²) >= 11 is 0. The van der Waals surface area contributed by atoms with E-state index in [0.717, 1.165) is 0 Å². The fourth-order valence-electron chi connectivity index (χ4n) is 3.15. The van der Waals surface area contributed by atoms with Gasteiger partial charge in [-0.2, -0.15) is 0 Å². The van der Waals surface area contributed by atoms with E-state index in [0.29, 0.717) is 25.4 Å². The number of carbonyl (C=O) groups is 2. The average molecular weight is 380 g/mol. The van der Waals surface area contributed by atoms with Gasteiger partial charge in [-0.3, -0.25) is 14.5 Å². The summed E-state index contributed by atoms with van der Waals surface area (Å²) in [7, 11) is 1.84. The smallest absolute Gasteiger partial charge is 0.253 e. The predicted octanol–water partition coefficient (Wildman–Crippen LogP) is 1.43. The summed E-state index contributed by atoms with van der Waals surface area (Å²) in [5.41, 5.74) is 6.30. The van der Waals surface area contributed by atoms with E-state index in [-0.39, 0.29) is 36.1 Å². The molecule has 0 bridgehead atoms. The highest BCUT2D eigenvalue weighted by atomic mass is 19.1. The summed E-state index contributed by atoms with van der Waals surface area (Å²) < 4.78 is 19.6. The molecule has 0 radical (unpaired) electrons. The van der Waals surface area contributed by atoms with Crippen molar-refractivity contribution in [1.82, 2.24) is 4.90 Å². The Morgan fingerprint density at radius 3 is 2.70 bits per heavy atom. The van der Waals surface area contributed by atoms with Gasteiger partial charge >= 0.3 is 0 Å². The zero-order chi connectivity index (χ0) is 20.2. The molecule has 1 aliphatic heterocycles. The van der Waals surface area contributed by atoms with Gasteiger partial charge in [0.2, 0.25) is 5.91 Å². The molecule has 1 aliphatic rings. The Hall–Kier alpha value is -2.03. The van der Waals surface area contributed by atoms with E-state index in [4.69, 9.17) is 10.5 Å². The Morgan fingerprint density at radius 2 is 2.15 bits per heavy atom. The Morgan fingerprint density at radius 1 is 1.44 bits per heavy atom. The second-order valence-electron chi connectivity index (χ2n) is 7.98. The number of anilines is 2. The molecule has 1 heterocycles. The molecule has 2 amide bonds. The highest BCUT2D eigenvalue weighted by Gasteiger charge is 2.26. The SMILES string of the molecule is CN(CC(C)(C)C)[C@H](CN)C(=O)Nc1ccc(N2CCOCC2=O)c(F)c1. The molecule has 1 aromatic carbocycles. The molecule has 8 heteroatoms. The maximum atomic E-state index is 14.5. The number of nitrogens with one attached hydrogen (secondary N) is 1. The minimum Gasteiger partial charge on any atom is -0.370 e.